The molecule has 0 aliphatic heterocycles. The predicted octanol–water partition coefficient (Wildman–Crippen LogP) is 4.14. The molecule has 3 aromatic rings. The monoisotopic (exact) mass is 367 g/mol. The molecule has 6 heteroatoms. The maximum Gasteiger partial charge on any atom is 0.338 e. The van der Waals surface area contributed by atoms with Crippen molar-refractivity contribution in [2.24, 2.45) is 5.92 Å². The van der Waals surface area contributed by atoms with Gasteiger partial charge in [0, 0.05) is 30.7 Å². The highest BCUT2D eigenvalue weighted by atomic mass is 19.1. The number of aromatic nitrogens is 3. The first-order valence-electron chi connectivity index (χ1n) is 9.32. The van der Waals surface area contributed by atoms with E-state index < -0.39 is 5.97 Å². The second-order valence-electron chi connectivity index (χ2n) is 7.14. The van der Waals surface area contributed by atoms with Crippen molar-refractivity contribution in [3.8, 4) is 0 Å². The van der Waals surface area contributed by atoms with E-state index in [4.69, 9.17) is 9.84 Å². The van der Waals surface area contributed by atoms with E-state index in [0.29, 0.717) is 17.9 Å². The van der Waals surface area contributed by atoms with Gasteiger partial charge in [0.25, 0.3) is 0 Å². The number of pyridine rings is 1. The molecule has 0 unspecified atom stereocenters. The topological polar surface area (TPSA) is 57.0 Å². The fourth-order valence-electron chi connectivity index (χ4n) is 3.98. The highest BCUT2D eigenvalue weighted by molar-refractivity contribution is 5.91. The van der Waals surface area contributed by atoms with Gasteiger partial charge in [-0.3, -0.25) is 9.67 Å². The molecule has 1 saturated carbocycles. The zero-order valence-corrected chi connectivity index (χ0v) is 15.3. The van der Waals surface area contributed by atoms with Crippen LogP contribution in [-0.2, 0) is 17.7 Å². The molecule has 0 amide bonds. The van der Waals surface area contributed by atoms with Crippen LogP contribution in [-0.4, -0.2) is 27.8 Å². The number of halogens is 1. The summed E-state index contributed by atoms with van der Waals surface area (Å²) >= 11 is 0. The molecule has 0 spiro atoms. The molecule has 4 rings (SSSR count). The first kappa shape index (κ1) is 17.6. The predicted molar refractivity (Wildman–Crippen MR) is 100 cm³/mol. The van der Waals surface area contributed by atoms with Crippen LogP contribution in [0.3, 0.4) is 0 Å². The molecular formula is C21H22FN3O2. The van der Waals surface area contributed by atoms with Crippen LogP contribution in [0.5, 0.6) is 0 Å². The largest absolute Gasteiger partial charge is 0.465 e. The van der Waals surface area contributed by atoms with Crippen LogP contribution in [0.25, 0.3) is 10.9 Å². The van der Waals surface area contributed by atoms with E-state index in [-0.39, 0.29) is 5.82 Å². The van der Waals surface area contributed by atoms with Gasteiger partial charge in [0.15, 0.2) is 0 Å². The Morgan fingerprint density at radius 2 is 2.11 bits per heavy atom. The molecule has 140 valence electrons. The maximum absolute atomic E-state index is 13.9. The minimum absolute atomic E-state index is 0.288. The Balaban J connectivity index is 1.73. The molecule has 1 aliphatic carbocycles. The summed E-state index contributed by atoms with van der Waals surface area (Å²) in [5, 5.41) is 5.57. The van der Waals surface area contributed by atoms with Crippen LogP contribution in [0.2, 0.25) is 0 Å². The summed E-state index contributed by atoms with van der Waals surface area (Å²) < 4.78 is 20.8. The van der Waals surface area contributed by atoms with Crippen molar-refractivity contribution in [2.45, 2.75) is 38.6 Å². The number of benzene rings is 1. The minimum Gasteiger partial charge on any atom is -0.465 e. The van der Waals surface area contributed by atoms with Gasteiger partial charge in [-0.05, 0) is 48.6 Å². The molecule has 0 radical (unpaired) electrons. The normalized spacial score (nSPS) is 14.7. The highest BCUT2D eigenvalue weighted by Gasteiger charge is 2.20. The lowest BCUT2D eigenvalue weighted by atomic mass is 10.0. The van der Waals surface area contributed by atoms with E-state index in [1.165, 1.54) is 44.9 Å². The molecule has 1 fully saturated rings. The standard InChI is InChI=1S/C21H22FN3O2/c1-27-21(26)17-8-9-23-12-15(17)10-19-18-11-16(22)6-7-20(18)25(24-19)13-14-4-2-3-5-14/h6-9,11-12,14H,2-5,10,13H2,1H3. The molecule has 27 heavy (non-hydrogen) atoms. The molecule has 0 saturated heterocycles. The van der Waals surface area contributed by atoms with Gasteiger partial charge in [0.2, 0.25) is 0 Å². The van der Waals surface area contributed by atoms with Crippen LogP contribution in [0.1, 0.15) is 47.3 Å². The quantitative estimate of drug-likeness (QED) is 0.636. The second kappa shape index (κ2) is 7.47. The van der Waals surface area contributed by atoms with Gasteiger partial charge in [0.05, 0.1) is 23.9 Å². The lowest BCUT2D eigenvalue weighted by Gasteiger charge is -2.10. The van der Waals surface area contributed by atoms with E-state index in [2.05, 4.69) is 4.98 Å². The summed E-state index contributed by atoms with van der Waals surface area (Å²) in [6.45, 7) is 0.846. The summed E-state index contributed by atoms with van der Waals surface area (Å²) in [5.41, 5.74) is 2.87. The van der Waals surface area contributed by atoms with Gasteiger partial charge in [-0.2, -0.15) is 5.10 Å². The minimum atomic E-state index is -0.409. The Bertz CT molecular complexity index is 977. The highest BCUT2D eigenvalue weighted by Crippen LogP contribution is 2.29. The number of carbonyl (C=O) groups excluding carboxylic acids is 1. The molecule has 0 N–H and O–H groups in total. The molecule has 1 aromatic carbocycles. The molecule has 0 bridgehead atoms. The van der Waals surface area contributed by atoms with Gasteiger partial charge in [-0.25, -0.2) is 9.18 Å². The van der Waals surface area contributed by atoms with Gasteiger partial charge < -0.3 is 4.74 Å². The molecule has 1 aliphatic rings. The molecule has 5 nitrogen and oxygen atoms in total. The van der Waals surface area contributed by atoms with Crippen molar-refractivity contribution in [1.29, 1.82) is 0 Å². The lowest BCUT2D eigenvalue weighted by molar-refractivity contribution is 0.0599. The first-order chi connectivity index (χ1) is 13.2. The number of rotatable bonds is 5. The fraction of sp³-hybridized carbons (Fsp3) is 0.381. The van der Waals surface area contributed by atoms with E-state index in [0.717, 1.165) is 28.7 Å². The number of hydrogen-bond acceptors (Lipinski definition) is 4. The fourth-order valence-corrected chi connectivity index (χ4v) is 3.98. The Morgan fingerprint density at radius 3 is 2.89 bits per heavy atom. The number of esters is 1. The van der Waals surface area contributed by atoms with Crippen molar-refractivity contribution >= 4 is 16.9 Å². The van der Waals surface area contributed by atoms with Crippen LogP contribution in [0, 0.1) is 11.7 Å². The third-order valence-electron chi connectivity index (χ3n) is 5.36. The molecule has 2 aromatic heterocycles. The summed E-state index contributed by atoms with van der Waals surface area (Å²) in [5.74, 6) is -0.0770. The molecule has 2 heterocycles. The van der Waals surface area contributed by atoms with Crippen molar-refractivity contribution in [2.75, 3.05) is 7.11 Å². The Labute approximate surface area is 157 Å². The lowest BCUT2D eigenvalue weighted by Crippen LogP contribution is -2.10. The Kier molecular flexibility index (Phi) is 4.88. The van der Waals surface area contributed by atoms with Crippen LogP contribution < -0.4 is 0 Å². The average molecular weight is 367 g/mol. The van der Waals surface area contributed by atoms with E-state index in [9.17, 15) is 9.18 Å². The summed E-state index contributed by atoms with van der Waals surface area (Å²) in [6, 6.07) is 6.43. The van der Waals surface area contributed by atoms with Crippen LogP contribution in [0.4, 0.5) is 4.39 Å². The van der Waals surface area contributed by atoms with Crippen LogP contribution >= 0.6 is 0 Å². The van der Waals surface area contributed by atoms with Crippen molar-refractivity contribution in [1.82, 2.24) is 14.8 Å². The smallest absolute Gasteiger partial charge is 0.338 e. The van der Waals surface area contributed by atoms with Gasteiger partial charge >= 0.3 is 5.97 Å². The summed E-state index contributed by atoms with van der Waals surface area (Å²) in [7, 11) is 1.35. The third kappa shape index (κ3) is 3.56. The first-order valence-corrected chi connectivity index (χ1v) is 9.32. The molecule has 0 atom stereocenters. The number of fused-ring (bicyclic) bond motifs is 1. The zero-order chi connectivity index (χ0) is 18.8. The summed E-state index contributed by atoms with van der Waals surface area (Å²) in [6.07, 6.45) is 8.57. The second-order valence-corrected chi connectivity index (χ2v) is 7.14. The van der Waals surface area contributed by atoms with Crippen molar-refractivity contribution in [3.63, 3.8) is 0 Å². The Morgan fingerprint density at radius 1 is 1.30 bits per heavy atom. The maximum atomic E-state index is 13.9. The van der Waals surface area contributed by atoms with E-state index in [1.54, 1.807) is 24.5 Å². The van der Waals surface area contributed by atoms with Gasteiger partial charge in [-0.15, -0.1) is 0 Å². The summed E-state index contributed by atoms with van der Waals surface area (Å²) in [4.78, 5) is 16.2. The van der Waals surface area contributed by atoms with Crippen LogP contribution in [0.15, 0.2) is 36.7 Å². The van der Waals surface area contributed by atoms with Crippen molar-refractivity contribution < 1.29 is 13.9 Å². The number of hydrogen-bond donors (Lipinski definition) is 0. The van der Waals surface area contributed by atoms with Gasteiger partial charge in [0.1, 0.15) is 5.82 Å². The number of ether oxygens (including phenoxy) is 1. The van der Waals surface area contributed by atoms with Gasteiger partial charge in [-0.1, -0.05) is 12.8 Å². The zero-order valence-electron chi connectivity index (χ0n) is 15.3. The average Bonchev–Trinajstić information content (AvgIpc) is 3.30. The number of nitrogens with zero attached hydrogens (tertiary/aromatic N) is 3. The van der Waals surface area contributed by atoms with E-state index >= 15 is 0 Å². The Hall–Kier alpha value is -2.76. The number of carbonyl (C=O) groups is 1. The third-order valence-corrected chi connectivity index (χ3v) is 5.36. The molecular weight excluding hydrogens is 345 g/mol. The van der Waals surface area contributed by atoms with E-state index in [1.807, 2.05) is 4.68 Å². The van der Waals surface area contributed by atoms with Crippen molar-refractivity contribution in [3.05, 3.63) is 59.3 Å². The SMILES string of the molecule is COC(=O)c1ccncc1Cc1nn(CC2CCCC2)c2ccc(F)cc12. The number of methoxy groups -OCH3 is 1.